The van der Waals surface area contributed by atoms with Crippen molar-refractivity contribution in [1.29, 1.82) is 0 Å². The number of nitrogens with zero attached hydrogens (tertiary/aromatic N) is 2. The zero-order valence-corrected chi connectivity index (χ0v) is 27.5. The van der Waals surface area contributed by atoms with Crippen LogP contribution in [0.15, 0.2) is 29.2 Å². The third kappa shape index (κ3) is 27.7. The zero-order chi connectivity index (χ0) is 28.8. The molecule has 48 heavy (non-hydrogen) atoms. The summed E-state index contributed by atoms with van der Waals surface area (Å²) >= 11 is 0. The van der Waals surface area contributed by atoms with Crippen molar-refractivity contribution in [2.45, 2.75) is 131 Å². The van der Waals surface area contributed by atoms with Gasteiger partial charge in [0.25, 0.3) is 0 Å². The van der Waals surface area contributed by atoms with Crippen molar-refractivity contribution in [1.82, 2.24) is 5.32 Å². The van der Waals surface area contributed by atoms with Crippen LogP contribution in [0.4, 0.5) is 0 Å². The summed E-state index contributed by atoms with van der Waals surface area (Å²) in [4.78, 5) is 24.9. The molecule has 1 rings (SSSR count). The van der Waals surface area contributed by atoms with Crippen LogP contribution in [0.5, 0.6) is 0 Å². The Morgan fingerprint density at radius 1 is 0.875 bits per heavy atom. The van der Waals surface area contributed by atoms with E-state index >= 15 is 0 Å². The number of likely N-dealkylation sites (N-methyl/N-ethyl adjacent to an activating group) is 2. The number of quaternary nitrogens is 2. The SMILES string of the molecule is C.C.C.C.C.C.C.C.C.C.CCC(CC(CC(C)(C)C(=O)NC[N+](C)(C)CC(O)C[N+](C)(C)C)c1ccc(S(=O)(=O)[O-])cc1)C(N)=O.[Na+]. The van der Waals surface area contributed by atoms with Gasteiger partial charge in [0.05, 0.1) is 40.1 Å². The quantitative estimate of drug-likeness (QED) is 0.104. The van der Waals surface area contributed by atoms with Crippen molar-refractivity contribution in [2.24, 2.45) is 17.1 Å². The van der Waals surface area contributed by atoms with Crippen LogP contribution in [0.25, 0.3) is 0 Å². The maximum Gasteiger partial charge on any atom is 1.00 e. The summed E-state index contributed by atoms with van der Waals surface area (Å²) in [5.41, 5.74) is 5.49. The molecular weight excluding hydrogens is 639 g/mol. The van der Waals surface area contributed by atoms with E-state index in [0.29, 0.717) is 48.0 Å². The standard InChI is InChI=1S/C26H46N4O6S.10CH4.Na/c1-9-19(24(27)32)14-21(20-10-12-23(13-11-20)37(34,35)36)15-26(2,3)25(33)28-18-30(7,8)17-22(31)16-29(4,5)6;;;;;;;;;;;/h10-13,19,21-22,31H,9,14-18H2,1-8H3,(H2-2,27,28,32,33,34,35,36);10*1H4;/q;;;;;;;;;;;+1/p+1. The van der Waals surface area contributed by atoms with Gasteiger partial charge in [-0.3, -0.25) is 9.59 Å². The number of carbonyl (C=O) groups excluding carboxylic acids is 2. The first-order valence-corrected chi connectivity index (χ1v) is 14.0. The maximum absolute atomic E-state index is 13.3. The van der Waals surface area contributed by atoms with Gasteiger partial charge in [0.15, 0.2) is 12.8 Å². The Bertz CT molecular complexity index is 1030. The molecule has 10 nitrogen and oxygen atoms in total. The van der Waals surface area contributed by atoms with Gasteiger partial charge in [0.1, 0.15) is 23.2 Å². The van der Waals surface area contributed by atoms with E-state index in [1.54, 1.807) is 12.1 Å². The summed E-state index contributed by atoms with van der Waals surface area (Å²) in [5.74, 6) is -1.28. The Hall–Kier alpha value is -1.05. The van der Waals surface area contributed by atoms with Crippen LogP contribution in [0, 0.1) is 11.3 Å². The number of amides is 2. The first kappa shape index (κ1) is 76.7. The number of hydrogen-bond donors (Lipinski definition) is 3. The summed E-state index contributed by atoms with van der Waals surface area (Å²) in [7, 11) is 5.34. The van der Waals surface area contributed by atoms with Crippen molar-refractivity contribution in [2.75, 3.05) is 55.0 Å². The molecule has 0 aliphatic rings. The van der Waals surface area contributed by atoms with Crippen molar-refractivity contribution < 1.29 is 66.2 Å². The number of nitrogens with two attached hydrogens (primary N) is 1. The predicted molar refractivity (Wildman–Crippen MR) is 209 cm³/mol. The van der Waals surface area contributed by atoms with E-state index in [9.17, 15) is 27.7 Å². The first-order valence-electron chi connectivity index (χ1n) is 12.6. The number of aliphatic hydroxyl groups is 1. The summed E-state index contributed by atoms with van der Waals surface area (Å²) in [5, 5.41) is 13.5. The molecule has 1 aromatic rings. The minimum Gasteiger partial charge on any atom is -0.744 e. The summed E-state index contributed by atoms with van der Waals surface area (Å²) in [6, 6.07) is 5.63. The molecule has 2 amide bonds. The second-order valence-corrected chi connectivity index (χ2v) is 13.8. The third-order valence-electron chi connectivity index (χ3n) is 6.61. The molecule has 0 spiro atoms. The molecule has 4 N–H and O–H groups in total. The van der Waals surface area contributed by atoms with Crippen LogP contribution < -0.4 is 40.6 Å². The van der Waals surface area contributed by atoms with E-state index in [2.05, 4.69) is 5.32 Å². The Morgan fingerprint density at radius 3 is 1.62 bits per heavy atom. The van der Waals surface area contributed by atoms with Gasteiger partial charge >= 0.3 is 29.6 Å². The van der Waals surface area contributed by atoms with Crippen LogP contribution in [-0.2, 0) is 19.7 Å². The predicted octanol–water partition coefficient (Wildman–Crippen LogP) is 4.57. The van der Waals surface area contributed by atoms with Gasteiger partial charge in [-0.05, 0) is 42.9 Å². The van der Waals surface area contributed by atoms with Crippen molar-refractivity contribution in [3.63, 3.8) is 0 Å². The van der Waals surface area contributed by atoms with Crippen LogP contribution in [0.3, 0.4) is 0 Å². The number of benzene rings is 1. The minimum absolute atomic E-state index is 0. The molecule has 0 bridgehead atoms. The number of nitrogens with one attached hydrogen (secondary N) is 1. The van der Waals surface area contributed by atoms with Crippen molar-refractivity contribution >= 4 is 21.9 Å². The fourth-order valence-electron chi connectivity index (χ4n) is 4.63. The molecule has 0 aliphatic heterocycles. The van der Waals surface area contributed by atoms with Crippen LogP contribution in [0.2, 0.25) is 0 Å². The van der Waals surface area contributed by atoms with Gasteiger partial charge in [0, 0.05) is 11.3 Å². The van der Waals surface area contributed by atoms with Gasteiger partial charge < -0.3 is 29.7 Å². The first-order chi connectivity index (χ1) is 16.7. The minimum atomic E-state index is -4.58. The van der Waals surface area contributed by atoms with E-state index in [-0.39, 0.29) is 121 Å². The van der Waals surface area contributed by atoms with Crippen LogP contribution >= 0.6 is 0 Å². The van der Waals surface area contributed by atoms with Gasteiger partial charge in [-0.1, -0.05) is 107 Å². The Labute approximate surface area is 324 Å². The molecule has 12 heteroatoms. The average Bonchev–Trinajstić information content (AvgIpc) is 2.72. The van der Waals surface area contributed by atoms with Gasteiger partial charge in [0.2, 0.25) is 11.8 Å². The van der Waals surface area contributed by atoms with E-state index in [4.69, 9.17) is 5.73 Å². The van der Waals surface area contributed by atoms with Crippen molar-refractivity contribution in [3.05, 3.63) is 29.8 Å². The Balaban J connectivity index is -0.000000138. The number of carbonyl (C=O) groups is 2. The number of aliphatic hydroxyl groups excluding tert-OH is 1. The molecule has 0 fully saturated rings. The maximum atomic E-state index is 13.3. The van der Waals surface area contributed by atoms with Gasteiger partial charge in [-0.15, -0.1) is 0 Å². The summed E-state index contributed by atoms with van der Waals surface area (Å²) in [6.45, 7) is 6.91. The molecule has 1 aromatic carbocycles. The van der Waals surface area contributed by atoms with E-state index in [1.807, 2.05) is 56.0 Å². The molecule has 3 unspecified atom stereocenters. The van der Waals surface area contributed by atoms with Crippen molar-refractivity contribution in [3.8, 4) is 0 Å². The largest absolute Gasteiger partial charge is 1.00 e. The number of hydrogen-bond acceptors (Lipinski definition) is 6. The van der Waals surface area contributed by atoms with Gasteiger partial charge in [-0.2, -0.15) is 0 Å². The van der Waals surface area contributed by atoms with E-state index in [0.717, 1.165) is 5.56 Å². The molecule has 0 aliphatic carbocycles. The molecule has 0 saturated heterocycles. The molecule has 0 aromatic heterocycles. The van der Waals surface area contributed by atoms with E-state index in [1.165, 1.54) is 12.1 Å². The summed E-state index contributed by atoms with van der Waals surface area (Å²) < 4.78 is 35.1. The fraction of sp³-hybridized carbons (Fsp3) is 0.778. The third-order valence-corrected chi connectivity index (χ3v) is 7.46. The molecule has 3 atom stereocenters. The molecule has 292 valence electrons. The van der Waals surface area contributed by atoms with Gasteiger partial charge in [-0.25, -0.2) is 8.42 Å². The monoisotopic (exact) mass is 727 g/mol. The average molecular weight is 727 g/mol. The Kier molecular flexibility index (Phi) is 49.1. The summed E-state index contributed by atoms with van der Waals surface area (Å²) in [6.07, 6.45) is 0.784. The van der Waals surface area contributed by atoms with E-state index < -0.39 is 33.5 Å². The topological polar surface area (TPSA) is 150 Å². The fourth-order valence-corrected chi connectivity index (χ4v) is 5.10. The van der Waals surface area contributed by atoms with Crippen LogP contribution in [-0.4, -0.2) is 100.0 Å². The molecule has 0 radical (unpaired) electrons. The molecule has 0 saturated carbocycles. The zero-order valence-electron chi connectivity index (χ0n) is 24.7. The molecule has 0 heterocycles. The second-order valence-electron chi connectivity index (χ2n) is 12.5. The number of rotatable bonds is 15. The smallest absolute Gasteiger partial charge is 0.744 e. The number of primary amides is 1. The van der Waals surface area contributed by atoms with Crippen LogP contribution in [0.1, 0.15) is 126 Å². The Morgan fingerprint density at radius 2 is 1.29 bits per heavy atom. The second kappa shape index (κ2) is 30.7. The normalized spacial score (nSPS) is 12.0. The molecular formula is C36H87N4NaO6S+2.